The third-order valence-electron chi connectivity index (χ3n) is 3.11. The maximum atomic E-state index is 4.09. The van der Waals surface area contributed by atoms with Crippen LogP contribution in [0.15, 0.2) is 48.5 Å². The Morgan fingerprint density at radius 1 is 0.944 bits per heavy atom. The minimum Gasteiger partial charge on any atom is -0.141 e. The highest BCUT2D eigenvalue weighted by Crippen LogP contribution is 2.15. The Balaban J connectivity index is 2.33. The molecule has 0 aliphatic carbocycles. The summed E-state index contributed by atoms with van der Waals surface area (Å²) in [4.78, 5) is 2.65. The lowest BCUT2D eigenvalue weighted by Gasteiger charge is -1.99. The maximum absolute atomic E-state index is 4.09. The van der Waals surface area contributed by atoms with E-state index >= 15 is 0 Å². The Bertz CT molecular complexity index is 809. The first-order valence-electron chi connectivity index (χ1n) is 5.99. The predicted molar refractivity (Wildman–Crippen MR) is 81.3 cm³/mol. The summed E-state index contributed by atoms with van der Waals surface area (Å²) in [6.07, 6.45) is 2.25. The van der Waals surface area contributed by atoms with E-state index in [9.17, 15) is 0 Å². The Morgan fingerprint density at radius 2 is 1.72 bits per heavy atom. The van der Waals surface area contributed by atoms with Gasteiger partial charge in [-0.05, 0) is 46.3 Å². The Hall–Kier alpha value is -1.86. The molecule has 0 saturated carbocycles. The van der Waals surface area contributed by atoms with Gasteiger partial charge in [0.1, 0.15) is 0 Å². The van der Waals surface area contributed by atoms with Gasteiger partial charge in [-0.3, -0.25) is 0 Å². The van der Waals surface area contributed by atoms with E-state index in [2.05, 4.69) is 68.1 Å². The summed E-state index contributed by atoms with van der Waals surface area (Å²) in [5.41, 5.74) is 0. The molecule has 0 fully saturated rings. The molecule has 0 saturated heterocycles. The molecule has 3 rings (SSSR count). The molecule has 1 heteroatoms. The van der Waals surface area contributed by atoms with Crippen LogP contribution in [0.1, 0.15) is 9.75 Å². The molecule has 0 nitrogen and oxygen atoms in total. The molecule has 0 radical (unpaired) electrons. The summed E-state index contributed by atoms with van der Waals surface area (Å²) in [6, 6.07) is 17.0. The molecule has 88 valence electrons. The number of fused-ring (bicyclic) bond motifs is 1. The first-order valence-corrected chi connectivity index (χ1v) is 6.80. The van der Waals surface area contributed by atoms with Crippen LogP contribution in [0.5, 0.6) is 0 Å². The molecule has 0 aliphatic heterocycles. The SMILES string of the molecule is C=c1cc/c(=C\c2ccc(C)s2)c2ccccc12. The Kier molecular flexibility index (Phi) is 2.77. The smallest absolute Gasteiger partial charge is 0.0279 e. The van der Waals surface area contributed by atoms with E-state index in [0.29, 0.717) is 0 Å². The molecule has 1 heterocycles. The zero-order valence-electron chi connectivity index (χ0n) is 10.3. The van der Waals surface area contributed by atoms with Gasteiger partial charge in [0.2, 0.25) is 0 Å². The second-order valence-corrected chi connectivity index (χ2v) is 5.77. The largest absolute Gasteiger partial charge is 0.141 e. The topological polar surface area (TPSA) is 0 Å². The van der Waals surface area contributed by atoms with E-state index in [1.54, 1.807) is 0 Å². The van der Waals surface area contributed by atoms with Crippen molar-refractivity contribution in [2.24, 2.45) is 0 Å². The van der Waals surface area contributed by atoms with E-state index in [4.69, 9.17) is 0 Å². The van der Waals surface area contributed by atoms with Crippen LogP contribution in [0.25, 0.3) is 23.4 Å². The molecular formula is C17H14S. The third kappa shape index (κ3) is 1.98. The third-order valence-corrected chi connectivity index (χ3v) is 4.05. The summed E-state index contributed by atoms with van der Waals surface area (Å²) in [5, 5.41) is 4.86. The normalized spacial score (nSPS) is 12.2. The van der Waals surface area contributed by atoms with Crippen molar-refractivity contribution in [3.8, 4) is 0 Å². The van der Waals surface area contributed by atoms with Crippen LogP contribution in [0.3, 0.4) is 0 Å². The van der Waals surface area contributed by atoms with Gasteiger partial charge in [0.05, 0.1) is 0 Å². The quantitative estimate of drug-likeness (QED) is 0.620. The van der Waals surface area contributed by atoms with Crippen molar-refractivity contribution in [1.82, 2.24) is 0 Å². The molecule has 0 unspecified atom stereocenters. The van der Waals surface area contributed by atoms with Crippen LogP contribution in [0, 0.1) is 6.92 Å². The van der Waals surface area contributed by atoms with Gasteiger partial charge in [0.25, 0.3) is 0 Å². The van der Waals surface area contributed by atoms with Gasteiger partial charge in [-0.15, -0.1) is 11.3 Å². The summed E-state index contributed by atoms with van der Waals surface area (Å²) >= 11 is 1.82. The highest BCUT2D eigenvalue weighted by atomic mass is 32.1. The number of hydrogen-bond acceptors (Lipinski definition) is 1. The predicted octanol–water partition coefficient (Wildman–Crippen LogP) is 3.45. The standard InChI is InChI=1S/C17H14S/c1-12-7-9-14(11-15-10-8-13(2)18-15)17-6-4-3-5-16(12)17/h3-11H,1H2,2H3/b14-11+. The molecule has 2 aromatic carbocycles. The van der Waals surface area contributed by atoms with Crippen LogP contribution in [0.4, 0.5) is 0 Å². The minimum absolute atomic E-state index is 1.09. The number of aryl methyl sites for hydroxylation is 1. The van der Waals surface area contributed by atoms with Crippen molar-refractivity contribution in [3.63, 3.8) is 0 Å². The summed E-state index contributed by atoms with van der Waals surface area (Å²) in [5.74, 6) is 0. The van der Waals surface area contributed by atoms with Gasteiger partial charge in [-0.25, -0.2) is 0 Å². The van der Waals surface area contributed by atoms with E-state index in [0.717, 1.165) is 5.22 Å². The molecular weight excluding hydrogens is 236 g/mol. The van der Waals surface area contributed by atoms with Gasteiger partial charge < -0.3 is 0 Å². The summed E-state index contributed by atoms with van der Waals surface area (Å²) in [7, 11) is 0. The van der Waals surface area contributed by atoms with Crippen molar-refractivity contribution in [2.45, 2.75) is 6.92 Å². The number of rotatable bonds is 1. The van der Waals surface area contributed by atoms with Gasteiger partial charge >= 0.3 is 0 Å². The van der Waals surface area contributed by atoms with E-state index < -0.39 is 0 Å². The summed E-state index contributed by atoms with van der Waals surface area (Å²) in [6.45, 7) is 6.23. The second kappa shape index (κ2) is 4.43. The van der Waals surface area contributed by atoms with E-state index in [-0.39, 0.29) is 0 Å². The van der Waals surface area contributed by atoms with Crippen molar-refractivity contribution in [2.75, 3.05) is 0 Å². The zero-order valence-corrected chi connectivity index (χ0v) is 11.1. The molecule has 0 spiro atoms. The van der Waals surface area contributed by atoms with Crippen molar-refractivity contribution in [3.05, 3.63) is 68.7 Å². The molecule has 0 N–H and O–H groups in total. The molecule has 0 amide bonds. The van der Waals surface area contributed by atoms with Gasteiger partial charge in [-0.2, -0.15) is 0 Å². The molecule has 18 heavy (non-hydrogen) atoms. The average Bonchev–Trinajstić information content (AvgIpc) is 2.79. The number of benzene rings is 2. The average molecular weight is 250 g/mol. The van der Waals surface area contributed by atoms with Crippen LogP contribution in [0.2, 0.25) is 0 Å². The van der Waals surface area contributed by atoms with Crippen LogP contribution in [-0.4, -0.2) is 0 Å². The first kappa shape index (κ1) is 11.2. The zero-order chi connectivity index (χ0) is 12.5. The minimum atomic E-state index is 1.09. The van der Waals surface area contributed by atoms with Crippen molar-refractivity contribution in [1.29, 1.82) is 0 Å². The first-order chi connectivity index (χ1) is 8.74. The lowest BCUT2D eigenvalue weighted by molar-refractivity contribution is 1.63. The highest BCUT2D eigenvalue weighted by Gasteiger charge is 1.96. The maximum Gasteiger partial charge on any atom is 0.0279 e. The fraction of sp³-hybridized carbons (Fsp3) is 0.0588. The van der Waals surface area contributed by atoms with Gasteiger partial charge in [0.15, 0.2) is 0 Å². The van der Waals surface area contributed by atoms with Crippen LogP contribution >= 0.6 is 11.3 Å². The highest BCUT2D eigenvalue weighted by molar-refractivity contribution is 7.12. The second-order valence-electron chi connectivity index (χ2n) is 4.45. The van der Waals surface area contributed by atoms with Gasteiger partial charge in [-0.1, -0.05) is 43.0 Å². The lowest BCUT2D eigenvalue weighted by Crippen LogP contribution is -2.09. The van der Waals surface area contributed by atoms with Crippen molar-refractivity contribution >= 4 is 34.8 Å². The monoisotopic (exact) mass is 250 g/mol. The fourth-order valence-corrected chi connectivity index (χ4v) is 3.02. The molecule has 0 atom stereocenters. The van der Waals surface area contributed by atoms with Gasteiger partial charge in [0, 0.05) is 9.75 Å². The Morgan fingerprint density at radius 3 is 2.44 bits per heavy atom. The van der Waals surface area contributed by atoms with Crippen molar-refractivity contribution < 1.29 is 0 Å². The number of thiophene rings is 1. The molecule has 1 aromatic heterocycles. The van der Waals surface area contributed by atoms with E-state index in [1.165, 1.54) is 25.7 Å². The fourth-order valence-electron chi connectivity index (χ4n) is 2.19. The molecule has 0 aliphatic rings. The van der Waals surface area contributed by atoms with E-state index in [1.807, 2.05) is 11.3 Å². The summed E-state index contributed by atoms with van der Waals surface area (Å²) < 4.78 is 0. The molecule has 0 bridgehead atoms. The number of hydrogen-bond donors (Lipinski definition) is 0. The lowest BCUT2D eigenvalue weighted by atomic mass is 10.1. The van der Waals surface area contributed by atoms with Crippen LogP contribution < -0.4 is 10.4 Å². The molecule has 3 aromatic rings. The Labute approximate surface area is 111 Å². The van der Waals surface area contributed by atoms with Crippen LogP contribution in [-0.2, 0) is 0 Å².